The van der Waals surface area contributed by atoms with Crippen LogP contribution in [0, 0.1) is 0 Å². The molecule has 28 heavy (non-hydrogen) atoms. The summed E-state index contributed by atoms with van der Waals surface area (Å²) in [5.74, 6) is -1.40. The van der Waals surface area contributed by atoms with E-state index in [0.29, 0.717) is 5.02 Å². The highest BCUT2D eigenvalue weighted by Gasteiger charge is 2.17. The van der Waals surface area contributed by atoms with Crippen LogP contribution in [0.15, 0.2) is 54.6 Å². The SMILES string of the molecule is O=C(Nc1ccc(Oc2cccc(Cl)n2)cc1C(=O)O)c1ccc(Cl)cc1Cl. The van der Waals surface area contributed by atoms with Gasteiger partial charge < -0.3 is 15.2 Å². The number of hydrogen-bond donors (Lipinski definition) is 2. The summed E-state index contributed by atoms with van der Waals surface area (Å²) in [6.07, 6.45) is 0. The van der Waals surface area contributed by atoms with Gasteiger partial charge in [-0.05, 0) is 42.5 Å². The first-order chi connectivity index (χ1) is 13.3. The van der Waals surface area contributed by atoms with Gasteiger partial charge in [0, 0.05) is 11.1 Å². The van der Waals surface area contributed by atoms with Crippen molar-refractivity contribution in [2.75, 3.05) is 5.32 Å². The second-order valence-corrected chi connectivity index (χ2v) is 6.72. The highest BCUT2D eigenvalue weighted by Crippen LogP contribution is 2.28. The van der Waals surface area contributed by atoms with Gasteiger partial charge in [0.25, 0.3) is 5.91 Å². The molecule has 3 aromatic rings. The Bertz CT molecular complexity index is 1070. The van der Waals surface area contributed by atoms with E-state index in [9.17, 15) is 14.7 Å². The third kappa shape index (κ3) is 4.72. The third-order valence-electron chi connectivity index (χ3n) is 3.56. The zero-order valence-corrected chi connectivity index (χ0v) is 16.2. The number of benzene rings is 2. The number of nitrogens with zero attached hydrogens (tertiary/aromatic N) is 1. The minimum atomic E-state index is -1.25. The average molecular weight is 438 g/mol. The van der Waals surface area contributed by atoms with E-state index in [0.717, 1.165) is 0 Å². The molecule has 9 heteroatoms. The first-order valence-corrected chi connectivity index (χ1v) is 8.91. The molecule has 1 amide bonds. The van der Waals surface area contributed by atoms with Gasteiger partial charge >= 0.3 is 5.97 Å². The molecular weight excluding hydrogens is 427 g/mol. The molecule has 142 valence electrons. The Morgan fingerprint density at radius 2 is 1.75 bits per heavy atom. The zero-order valence-electron chi connectivity index (χ0n) is 13.9. The molecule has 2 N–H and O–H groups in total. The second-order valence-electron chi connectivity index (χ2n) is 5.49. The number of rotatable bonds is 5. The molecule has 0 fully saturated rings. The maximum atomic E-state index is 12.4. The molecule has 1 aromatic heterocycles. The van der Waals surface area contributed by atoms with Gasteiger partial charge in [0.1, 0.15) is 10.9 Å². The number of hydrogen-bond acceptors (Lipinski definition) is 4. The number of carboxylic acid groups (broad SMARTS) is 1. The van der Waals surface area contributed by atoms with E-state index in [1.54, 1.807) is 18.2 Å². The number of halogens is 3. The molecule has 0 saturated carbocycles. The number of aromatic carboxylic acids is 1. The van der Waals surface area contributed by atoms with Gasteiger partial charge in [-0.2, -0.15) is 0 Å². The first-order valence-electron chi connectivity index (χ1n) is 7.77. The van der Waals surface area contributed by atoms with E-state index in [1.165, 1.54) is 36.4 Å². The molecule has 1 heterocycles. The summed E-state index contributed by atoms with van der Waals surface area (Å²) in [4.78, 5) is 28.0. The Morgan fingerprint density at radius 1 is 0.964 bits per heavy atom. The molecule has 0 aliphatic rings. The van der Waals surface area contributed by atoms with Crippen LogP contribution in [0.5, 0.6) is 11.6 Å². The van der Waals surface area contributed by atoms with Crippen LogP contribution in [0.2, 0.25) is 15.2 Å². The maximum Gasteiger partial charge on any atom is 0.337 e. The first kappa shape index (κ1) is 19.9. The molecule has 0 saturated heterocycles. The highest BCUT2D eigenvalue weighted by molar-refractivity contribution is 6.37. The van der Waals surface area contributed by atoms with E-state index in [1.807, 2.05) is 0 Å². The van der Waals surface area contributed by atoms with Crippen molar-refractivity contribution in [1.29, 1.82) is 0 Å². The number of nitrogens with one attached hydrogen (secondary N) is 1. The smallest absolute Gasteiger partial charge is 0.337 e. The fourth-order valence-corrected chi connectivity index (χ4v) is 2.95. The van der Waals surface area contributed by atoms with Crippen LogP contribution in [-0.4, -0.2) is 22.0 Å². The van der Waals surface area contributed by atoms with Gasteiger partial charge in [-0.1, -0.05) is 40.9 Å². The molecular formula is C19H11Cl3N2O4. The fraction of sp³-hybridized carbons (Fsp3) is 0. The summed E-state index contributed by atoms with van der Waals surface area (Å²) >= 11 is 17.6. The number of amides is 1. The standard InChI is InChI=1S/C19H11Cl3N2O4/c20-10-4-6-12(14(21)8-10)18(25)23-15-7-5-11(9-13(15)19(26)27)28-17-3-1-2-16(22)24-17/h1-9H,(H,23,25)(H,26,27). The summed E-state index contributed by atoms with van der Waals surface area (Å²) < 4.78 is 5.52. The van der Waals surface area contributed by atoms with E-state index in [4.69, 9.17) is 39.5 Å². The quantitative estimate of drug-likeness (QED) is 0.494. The molecule has 0 radical (unpaired) electrons. The van der Waals surface area contributed by atoms with Crippen LogP contribution >= 0.6 is 34.8 Å². The molecule has 3 rings (SSSR count). The van der Waals surface area contributed by atoms with Gasteiger partial charge in [-0.15, -0.1) is 0 Å². The Balaban J connectivity index is 1.87. The number of carboxylic acids is 1. The minimum Gasteiger partial charge on any atom is -0.478 e. The monoisotopic (exact) mass is 436 g/mol. The maximum absolute atomic E-state index is 12.4. The Kier molecular flexibility index (Phi) is 6.04. The van der Waals surface area contributed by atoms with Crippen molar-refractivity contribution >= 4 is 52.4 Å². The van der Waals surface area contributed by atoms with Crippen molar-refractivity contribution in [3.63, 3.8) is 0 Å². The number of carbonyl (C=O) groups is 2. The van der Waals surface area contributed by atoms with Gasteiger partial charge in [0.2, 0.25) is 5.88 Å². The minimum absolute atomic E-state index is 0.0786. The van der Waals surface area contributed by atoms with Crippen LogP contribution in [-0.2, 0) is 0 Å². The number of ether oxygens (including phenoxy) is 1. The summed E-state index contributed by atoms with van der Waals surface area (Å²) in [5.41, 5.74) is 0.0683. The molecule has 0 aliphatic carbocycles. The van der Waals surface area contributed by atoms with Crippen molar-refractivity contribution in [2.45, 2.75) is 0 Å². The predicted molar refractivity (Wildman–Crippen MR) is 107 cm³/mol. The number of carbonyl (C=O) groups excluding carboxylic acids is 1. The highest BCUT2D eigenvalue weighted by atomic mass is 35.5. The number of pyridine rings is 1. The van der Waals surface area contributed by atoms with Crippen molar-refractivity contribution in [1.82, 2.24) is 4.98 Å². The van der Waals surface area contributed by atoms with Gasteiger partial charge in [0.05, 0.1) is 21.8 Å². The summed E-state index contributed by atoms with van der Waals surface area (Å²) in [7, 11) is 0. The molecule has 6 nitrogen and oxygen atoms in total. The Morgan fingerprint density at radius 3 is 2.43 bits per heavy atom. The Labute approximate surface area is 174 Å². The molecule has 0 unspecified atom stereocenters. The van der Waals surface area contributed by atoms with Crippen LogP contribution in [0.4, 0.5) is 5.69 Å². The summed E-state index contributed by atoms with van der Waals surface area (Å²) in [5, 5.41) is 12.8. The Hall–Kier alpha value is -2.80. The van der Waals surface area contributed by atoms with Gasteiger partial charge in [-0.3, -0.25) is 4.79 Å². The van der Waals surface area contributed by atoms with Crippen molar-refractivity contribution in [3.05, 3.63) is 80.9 Å². The van der Waals surface area contributed by atoms with Crippen LogP contribution < -0.4 is 10.1 Å². The molecule has 0 aliphatic heterocycles. The lowest BCUT2D eigenvalue weighted by molar-refractivity contribution is 0.0697. The lowest BCUT2D eigenvalue weighted by Gasteiger charge is -2.12. The topological polar surface area (TPSA) is 88.5 Å². The normalized spacial score (nSPS) is 10.4. The van der Waals surface area contributed by atoms with E-state index >= 15 is 0 Å². The second kappa shape index (κ2) is 8.48. The van der Waals surface area contributed by atoms with E-state index in [-0.39, 0.29) is 38.6 Å². The van der Waals surface area contributed by atoms with Crippen LogP contribution in [0.3, 0.4) is 0 Å². The van der Waals surface area contributed by atoms with Crippen molar-refractivity contribution < 1.29 is 19.4 Å². The molecule has 0 atom stereocenters. The van der Waals surface area contributed by atoms with Gasteiger partial charge in [-0.25, -0.2) is 9.78 Å². The van der Waals surface area contributed by atoms with Gasteiger partial charge in [0.15, 0.2) is 0 Å². The van der Waals surface area contributed by atoms with E-state index in [2.05, 4.69) is 10.3 Å². The number of anilines is 1. The predicted octanol–water partition coefficient (Wildman–Crippen LogP) is 5.78. The lowest BCUT2D eigenvalue weighted by atomic mass is 10.1. The average Bonchev–Trinajstić information content (AvgIpc) is 2.62. The van der Waals surface area contributed by atoms with E-state index < -0.39 is 11.9 Å². The summed E-state index contributed by atoms with van der Waals surface area (Å²) in [6, 6.07) is 13.3. The lowest BCUT2D eigenvalue weighted by Crippen LogP contribution is -2.15. The molecule has 0 spiro atoms. The van der Waals surface area contributed by atoms with Crippen LogP contribution in [0.25, 0.3) is 0 Å². The molecule has 2 aromatic carbocycles. The third-order valence-corrected chi connectivity index (χ3v) is 4.32. The zero-order chi connectivity index (χ0) is 20.3. The van der Waals surface area contributed by atoms with Crippen molar-refractivity contribution in [3.8, 4) is 11.6 Å². The largest absolute Gasteiger partial charge is 0.478 e. The number of aromatic nitrogens is 1. The fourth-order valence-electron chi connectivity index (χ4n) is 2.30. The summed E-state index contributed by atoms with van der Waals surface area (Å²) in [6.45, 7) is 0. The molecule has 0 bridgehead atoms. The van der Waals surface area contributed by atoms with Crippen LogP contribution in [0.1, 0.15) is 20.7 Å². The van der Waals surface area contributed by atoms with Crippen molar-refractivity contribution in [2.24, 2.45) is 0 Å².